The van der Waals surface area contributed by atoms with Gasteiger partial charge in [-0.25, -0.2) is 0 Å². The van der Waals surface area contributed by atoms with Gasteiger partial charge >= 0.3 is 0 Å². The van der Waals surface area contributed by atoms with Crippen LogP contribution in [-0.4, -0.2) is 61.2 Å². The first kappa shape index (κ1) is 16.2. The lowest BCUT2D eigenvalue weighted by Gasteiger charge is -2.22. The summed E-state index contributed by atoms with van der Waals surface area (Å²) in [5.74, 6) is 1.48. The van der Waals surface area contributed by atoms with Crippen molar-refractivity contribution < 1.29 is 4.74 Å². The van der Waals surface area contributed by atoms with Crippen LogP contribution < -0.4 is 10.5 Å². The predicted octanol–water partition coefficient (Wildman–Crippen LogP) is 1.58. The number of thiocarbonyl (C=S) groups is 1. The molecule has 0 spiro atoms. The lowest BCUT2D eigenvalue weighted by atomic mass is 10.1. The van der Waals surface area contributed by atoms with E-state index in [4.69, 9.17) is 22.7 Å². The van der Waals surface area contributed by atoms with E-state index in [-0.39, 0.29) is 0 Å². The fourth-order valence-electron chi connectivity index (χ4n) is 2.98. The number of rotatable bonds is 6. The molecule has 1 aliphatic heterocycles. The lowest BCUT2D eigenvalue weighted by Crippen LogP contribution is -2.35. The maximum absolute atomic E-state index is 5.87. The fourth-order valence-corrected chi connectivity index (χ4v) is 3.15. The smallest absolute Gasteiger partial charge is 0.129 e. The van der Waals surface area contributed by atoms with Gasteiger partial charge < -0.3 is 15.4 Å². The van der Waals surface area contributed by atoms with Crippen LogP contribution in [0.25, 0.3) is 0 Å². The van der Waals surface area contributed by atoms with Crippen LogP contribution in [-0.2, 0) is 0 Å². The van der Waals surface area contributed by atoms with Crippen LogP contribution in [0.3, 0.4) is 0 Å². The summed E-state index contributed by atoms with van der Waals surface area (Å²) in [4.78, 5) is 5.15. The van der Waals surface area contributed by atoms with E-state index in [1.807, 2.05) is 24.3 Å². The highest BCUT2D eigenvalue weighted by Gasteiger charge is 2.30. The Morgan fingerprint density at radius 2 is 2.10 bits per heavy atom. The van der Waals surface area contributed by atoms with Crippen LogP contribution in [0.4, 0.5) is 0 Å². The third kappa shape index (κ3) is 4.15. The third-order valence-corrected chi connectivity index (χ3v) is 4.35. The Balaban J connectivity index is 1.84. The van der Waals surface area contributed by atoms with Crippen molar-refractivity contribution in [3.8, 4) is 5.75 Å². The van der Waals surface area contributed by atoms with E-state index < -0.39 is 0 Å². The summed E-state index contributed by atoms with van der Waals surface area (Å²) in [6, 6.07) is 8.32. The fraction of sp³-hybridized carbons (Fsp3) is 0.562. The van der Waals surface area contributed by atoms with Crippen LogP contribution in [0.1, 0.15) is 12.5 Å². The van der Waals surface area contributed by atoms with E-state index in [0.717, 1.165) is 30.9 Å². The molecule has 0 bridgehead atoms. The van der Waals surface area contributed by atoms with Gasteiger partial charge in [-0.15, -0.1) is 0 Å². The van der Waals surface area contributed by atoms with Crippen molar-refractivity contribution >= 4 is 17.2 Å². The first-order chi connectivity index (χ1) is 9.99. The summed E-state index contributed by atoms with van der Waals surface area (Å²) in [5, 5.41) is 0. The molecule has 1 aliphatic rings. The normalized spacial score (nSPS) is 22.7. The standard InChI is InChI=1S/C16H25N3OS/c1-12-10-19(11-14(12)18(2)3)8-9-20-15-7-5-4-6-13(15)16(17)21/h4-7,12,14H,8-11H2,1-3H3,(H2,17,21). The zero-order valence-corrected chi connectivity index (χ0v) is 13.9. The highest BCUT2D eigenvalue weighted by atomic mass is 32.1. The van der Waals surface area contributed by atoms with Gasteiger partial charge in [-0.1, -0.05) is 31.3 Å². The molecule has 21 heavy (non-hydrogen) atoms. The highest BCUT2D eigenvalue weighted by Crippen LogP contribution is 2.21. The first-order valence-corrected chi connectivity index (χ1v) is 7.80. The topological polar surface area (TPSA) is 41.7 Å². The number of hydrogen-bond acceptors (Lipinski definition) is 4. The summed E-state index contributed by atoms with van der Waals surface area (Å²) in [6.07, 6.45) is 0. The average molecular weight is 307 g/mol. The molecule has 2 rings (SSSR count). The van der Waals surface area contributed by atoms with E-state index in [1.54, 1.807) is 0 Å². The molecular formula is C16H25N3OS. The molecule has 0 saturated carbocycles. The zero-order valence-electron chi connectivity index (χ0n) is 13.1. The minimum Gasteiger partial charge on any atom is -0.492 e. The highest BCUT2D eigenvalue weighted by molar-refractivity contribution is 7.80. The second-order valence-corrected chi connectivity index (χ2v) is 6.42. The molecule has 1 aromatic rings. The molecule has 2 unspecified atom stereocenters. The second kappa shape index (κ2) is 7.20. The number of hydrogen-bond donors (Lipinski definition) is 1. The quantitative estimate of drug-likeness (QED) is 0.808. The van der Waals surface area contributed by atoms with Crippen molar-refractivity contribution in [2.45, 2.75) is 13.0 Å². The summed E-state index contributed by atoms with van der Waals surface area (Å²) in [7, 11) is 4.30. The lowest BCUT2D eigenvalue weighted by molar-refractivity contribution is 0.220. The molecule has 2 N–H and O–H groups in total. The van der Waals surface area contributed by atoms with Crippen LogP contribution in [0.5, 0.6) is 5.75 Å². The summed E-state index contributed by atoms with van der Waals surface area (Å²) >= 11 is 5.05. The molecule has 5 heteroatoms. The molecule has 1 heterocycles. The molecule has 0 amide bonds. The van der Waals surface area contributed by atoms with Gasteiger partial charge in [0.2, 0.25) is 0 Å². The molecule has 4 nitrogen and oxygen atoms in total. The molecule has 2 atom stereocenters. The number of likely N-dealkylation sites (N-methyl/N-ethyl adjacent to an activating group) is 1. The molecule has 0 aromatic heterocycles. The SMILES string of the molecule is CC1CN(CCOc2ccccc2C(N)=S)CC1N(C)C. The Morgan fingerprint density at radius 3 is 2.71 bits per heavy atom. The first-order valence-electron chi connectivity index (χ1n) is 7.39. The Hall–Kier alpha value is -1.17. The van der Waals surface area contributed by atoms with Crippen LogP contribution in [0.15, 0.2) is 24.3 Å². The number of nitrogens with two attached hydrogens (primary N) is 1. The Labute approximate surface area is 132 Å². The van der Waals surface area contributed by atoms with Gasteiger partial charge in [-0.05, 0) is 32.1 Å². The predicted molar refractivity (Wildman–Crippen MR) is 90.9 cm³/mol. The average Bonchev–Trinajstić information content (AvgIpc) is 2.80. The molecule has 116 valence electrons. The zero-order chi connectivity index (χ0) is 15.4. The van der Waals surface area contributed by atoms with Gasteiger partial charge in [0.05, 0.1) is 5.56 Å². The van der Waals surface area contributed by atoms with E-state index in [2.05, 4.69) is 30.8 Å². The van der Waals surface area contributed by atoms with E-state index >= 15 is 0 Å². The second-order valence-electron chi connectivity index (χ2n) is 5.98. The van der Waals surface area contributed by atoms with Crippen LogP contribution >= 0.6 is 12.2 Å². The maximum Gasteiger partial charge on any atom is 0.129 e. The van der Waals surface area contributed by atoms with Gasteiger partial charge in [0.25, 0.3) is 0 Å². The molecule has 1 fully saturated rings. The number of benzene rings is 1. The number of likely N-dealkylation sites (tertiary alicyclic amines) is 1. The maximum atomic E-state index is 5.87. The minimum absolute atomic E-state index is 0.382. The van der Waals surface area contributed by atoms with Gasteiger partial charge in [0, 0.05) is 25.7 Å². The largest absolute Gasteiger partial charge is 0.492 e. The van der Waals surface area contributed by atoms with Crippen LogP contribution in [0, 0.1) is 5.92 Å². The van der Waals surface area contributed by atoms with Gasteiger partial charge in [0.1, 0.15) is 17.3 Å². The summed E-state index contributed by atoms with van der Waals surface area (Å²) < 4.78 is 5.87. The third-order valence-electron chi connectivity index (χ3n) is 4.13. The van der Waals surface area contributed by atoms with E-state index in [9.17, 15) is 0 Å². The molecular weight excluding hydrogens is 282 g/mol. The van der Waals surface area contributed by atoms with Crippen molar-refractivity contribution in [2.75, 3.05) is 40.3 Å². The molecule has 1 saturated heterocycles. The van der Waals surface area contributed by atoms with Gasteiger partial charge in [-0.3, -0.25) is 4.90 Å². The Bertz CT molecular complexity index is 492. The minimum atomic E-state index is 0.382. The molecule has 0 radical (unpaired) electrons. The van der Waals surface area contributed by atoms with E-state index in [1.165, 1.54) is 0 Å². The van der Waals surface area contributed by atoms with Crippen molar-refractivity contribution in [2.24, 2.45) is 11.7 Å². The monoisotopic (exact) mass is 307 g/mol. The molecule has 0 aliphatic carbocycles. The Kier molecular flexibility index (Phi) is 5.56. The number of nitrogens with zero attached hydrogens (tertiary/aromatic N) is 2. The van der Waals surface area contributed by atoms with Crippen molar-refractivity contribution in [1.82, 2.24) is 9.80 Å². The van der Waals surface area contributed by atoms with Crippen molar-refractivity contribution in [3.63, 3.8) is 0 Å². The van der Waals surface area contributed by atoms with E-state index in [0.29, 0.717) is 23.6 Å². The van der Waals surface area contributed by atoms with Crippen LogP contribution in [0.2, 0.25) is 0 Å². The Morgan fingerprint density at radius 1 is 1.38 bits per heavy atom. The molecule has 1 aromatic carbocycles. The number of ether oxygens (including phenoxy) is 1. The number of para-hydroxylation sites is 1. The van der Waals surface area contributed by atoms with Gasteiger partial charge in [0.15, 0.2) is 0 Å². The van der Waals surface area contributed by atoms with Gasteiger partial charge in [-0.2, -0.15) is 0 Å². The summed E-state index contributed by atoms with van der Waals surface area (Å²) in [6.45, 7) is 6.14. The summed E-state index contributed by atoms with van der Waals surface area (Å²) in [5.41, 5.74) is 6.53. The van der Waals surface area contributed by atoms with Crippen molar-refractivity contribution in [1.29, 1.82) is 0 Å². The van der Waals surface area contributed by atoms with Crippen molar-refractivity contribution in [3.05, 3.63) is 29.8 Å².